The Hall–Kier alpha value is -3.81. The Balaban J connectivity index is 1.59. The zero-order chi connectivity index (χ0) is 35.5. The number of allylic oxidation sites excluding steroid dienone is 1. The average molecular weight is 747 g/mol. The molecule has 3 aliphatic rings. The van der Waals surface area contributed by atoms with Gasteiger partial charge in [-0.3, -0.25) is 19.4 Å². The highest BCUT2D eigenvalue weighted by atomic mass is 35.5. The van der Waals surface area contributed by atoms with Gasteiger partial charge in [-0.1, -0.05) is 74.1 Å². The monoisotopic (exact) mass is 744 g/mol. The highest BCUT2D eigenvalue weighted by Crippen LogP contribution is 2.59. The van der Waals surface area contributed by atoms with E-state index >= 15 is 0 Å². The van der Waals surface area contributed by atoms with Crippen LogP contribution in [0, 0.1) is 10.8 Å². The molecule has 2 amide bonds. The molecule has 2 saturated heterocycles. The van der Waals surface area contributed by atoms with Crippen LogP contribution in [0.5, 0.6) is 0 Å². The molecule has 0 spiro atoms. The van der Waals surface area contributed by atoms with E-state index in [1.807, 2.05) is 59.5 Å². The Morgan fingerprint density at radius 3 is 1.68 bits per heavy atom. The van der Waals surface area contributed by atoms with E-state index in [4.69, 9.17) is 51.4 Å². The first-order chi connectivity index (χ1) is 24.0. The smallest absolute Gasteiger partial charge is 0.243 e. The predicted molar refractivity (Wildman–Crippen MR) is 206 cm³/mol. The van der Waals surface area contributed by atoms with E-state index < -0.39 is 17.0 Å². The summed E-state index contributed by atoms with van der Waals surface area (Å²) in [4.78, 5) is 40.1. The van der Waals surface area contributed by atoms with Crippen molar-refractivity contribution in [1.29, 1.82) is 0 Å². The average Bonchev–Trinajstić information content (AvgIpc) is 3.40. The molecule has 2 fully saturated rings. The number of fused-ring (bicyclic) bond motifs is 1. The molecule has 3 heterocycles. The maximum Gasteiger partial charge on any atom is 0.243 e. The second-order valence-electron chi connectivity index (χ2n) is 13.0. The van der Waals surface area contributed by atoms with E-state index in [1.54, 1.807) is 41.3 Å². The topological polar surface area (TPSA) is 56.2 Å². The van der Waals surface area contributed by atoms with Crippen molar-refractivity contribution in [2.45, 2.75) is 59.5 Å². The zero-order valence-electron chi connectivity index (χ0n) is 28.2. The molecule has 1 atom stereocenters. The van der Waals surface area contributed by atoms with Crippen LogP contribution in [0.1, 0.15) is 58.9 Å². The van der Waals surface area contributed by atoms with Gasteiger partial charge < -0.3 is 4.90 Å². The van der Waals surface area contributed by atoms with E-state index in [9.17, 15) is 9.59 Å². The van der Waals surface area contributed by atoms with E-state index in [2.05, 4.69) is 32.6 Å². The fraction of sp³-hybridized carbons (Fsp3) is 0.275. The normalized spacial score (nSPS) is 21.4. The van der Waals surface area contributed by atoms with Gasteiger partial charge in [-0.15, -0.1) is 0 Å². The fourth-order valence-electron chi connectivity index (χ4n) is 7.93. The molecule has 3 aliphatic heterocycles. The lowest BCUT2D eigenvalue weighted by Gasteiger charge is -2.60. The maximum absolute atomic E-state index is 14.5. The molecule has 7 rings (SSSR count). The lowest BCUT2D eigenvalue weighted by Crippen LogP contribution is -2.75. The molecular weight excluding hydrogens is 710 g/mol. The number of amides is 2. The Bertz CT molecular complexity index is 2050. The molecule has 0 aliphatic carbocycles. The van der Waals surface area contributed by atoms with Crippen LogP contribution < -0.4 is 14.7 Å². The zero-order valence-corrected chi connectivity index (χ0v) is 31.2. The summed E-state index contributed by atoms with van der Waals surface area (Å²) in [7, 11) is 0. The lowest BCUT2D eigenvalue weighted by molar-refractivity contribution is -0.140. The Morgan fingerprint density at radius 1 is 0.620 bits per heavy atom. The second kappa shape index (κ2) is 13.1. The van der Waals surface area contributed by atoms with Gasteiger partial charge >= 0.3 is 0 Å². The number of halogens is 4. The largest absolute Gasteiger partial charge is 0.315 e. The Kier molecular flexibility index (Phi) is 9.05. The SMILES string of the molecule is CCC1(CC)C(=O)N(c2ccc(Cl)cc2)/C1=C1/C(=Nc2ccc(Cl)cc2)c2cc(Cl)ccc2N1C1N(c2ccc(Cl)cc2)C(=O)C1(CC)CC. The van der Waals surface area contributed by atoms with Gasteiger partial charge in [-0.25, -0.2) is 4.99 Å². The first-order valence-corrected chi connectivity index (χ1v) is 18.4. The van der Waals surface area contributed by atoms with Crippen molar-refractivity contribution in [3.63, 3.8) is 0 Å². The summed E-state index contributed by atoms with van der Waals surface area (Å²) in [5.74, 6) is 0.0397. The van der Waals surface area contributed by atoms with Crippen LogP contribution in [0.15, 0.2) is 107 Å². The minimum absolute atomic E-state index is 0.00333. The van der Waals surface area contributed by atoms with Crippen molar-refractivity contribution in [3.8, 4) is 0 Å². The first kappa shape index (κ1) is 34.6. The molecule has 10 heteroatoms. The van der Waals surface area contributed by atoms with E-state index in [1.165, 1.54) is 0 Å². The Labute approximate surface area is 312 Å². The van der Waals surface area contributed by atoms with Gasteiger partial charge in [-0.05, 0) is 117 Å². The summed E-state index contributed by atoms with van der Waals surface area (Å²) >= 11 is 25.7. The number of benzene rings is 4. The number of aliphatic imine (C=N–C) groups is 1. The number of rotatable bonds is 8. The number of β-lactam (4-membered cyclic amide) rings is 2. The van der Waals surface area contributed by atoms with Crippen molar-refractivity contribution in [2.75, 3.05) is 14.7 Å². The molecule has 4 aromatic rings. The van der Waals surface area contributed by atoms with Crippen LogP contribution in [-0.2, 0) is 9.59 Å². The summed E-state index contributed by atoms with van der Waals surface area (Å²) < 4.78 is 0. The van der Waals surface area contributed by atoms with Gasteiger partial charge in [0.05, 0.1) is 39.3 Å². The third-order valence-corrected chi connectivity index (χ3v) is 11.8. The van der Waals surface area contributed by atoms with Crippen molar-refractivity contribution in [1.82, 2.24) is 0 Å². The minimum atomic E-state index is -0.820. The molecule has 0 bridgehead atoms. The number of nitrogens with zero attached hydrogens (tertiary/aromatic N) is 4. The summed E-state index contributed by atoms with van der Waals surface area (Å²) in [5, 5.41) is 2.30. The second-order valence-corrected chi connectivity index (χ2v) is 14.7. The Morgan fingerprint density at radius 2 is 1.14 bits per heavy atom. The highest BCUT2D eigenvalue weighted by molar-refractivity contribution is 6.34. The molecule has 256 valence electrons. The summed E-state index contributed by atoms with van der Waals surface area (Å²) in [5.41, 5.74) is 4.48. The van der Waals surface area contributed by atoms with Gasteiger partial charge in [-0.2, -0.15) is 0 Å². The highest BCUT2D eigenvalue weighted by Gasteiger charge is 2.65. The number of carbonyl (C=O) groups excluding carboxylic acids is 2. The van der Waals surface area contributed by atoms with Crippen LogP contribution in [0.2, 0.25) is 20.1 Å². The summed E-state index contributed by atoms with van der Waals surface area (Å²) in [6.07, 6.45) is 1.90. The summed E-state index contributed by atoms with van der Waals surface area (Å²) in [6, 6.07) is 27.8. The molecule has 0 saturated carbocycles. The molecule has 1 unspecified atom stereocenters. The third-order valence-electron chi connectivity index (χ3n) is 10.8. The molecular formula is C40H36Cl4N4O2. The van der Waals surface area contributed by atoms with Crippen molar-refractivity contribution in [3.05, 3.63) is 128 Å². The minimum Gasteiger partial charge on any atom is -0.315 e. The predicted octanol–water partition coefficient (Wildman–Crippen LogP) is 11.5. The number of anilines is 3. The molecule has 50 heavy (non-hydrogen) atoms. The molecule has 0 N–H and O–H groups in total. The van der Waals surface area contributed by atoms with E-state index in [0.29, 0.717) is 62.9 Å². The van der Waals surface area contributed by atoms with Crippen molar-refractivity contribution < 1.29 is 9.59 Å². The number of hydrogen-bond acceptors (Lipinski definition) is 4. The quantitative estimate of drug-likeness (QED) is 0.169. The summed E-state index contributed by atoms with van der Waals surface area (Å²) in [6.45, 7) is 8.24. The van der Waals surface area contributed by atoms with Gasteiger partial charge in [0.25, 0.3) is 0 Å². The van der Waals surface area contributed by atoms with Crippen LogP contribution in [0.25, 0.3) is 0 Å². The number of hydrogen-bond donors (Lipinski definition) is 0. The molecule has 6 nitrogen and oxygen atoms in total. The molecule has 0 aromatic heterocycles. The van der Waals surface area contributed by atoms with Crippen LogP contribution in [0.3, 0.4) is 0 Å². The number of carbonyl (C=O) groups is 2. The van der Waals surface area contributed by atoms with Gasteiger partial charge in [0.2, 0.25) is 11.8 Å². The van der Waals surface area contributed by atoms with E-state index in [-0.39, 0.29) is 11.8 Å². The fourth-order valence-corrected chi connectivity index (χ4v) is 8.48. The maximum atomic E-state index is 14.5. The van der Waals surface area contributed by atoms with Crippen molar-refractivity contribution in [2.24, 2.45) is 15.8 Å². The third kappa shape index (κ3) is 5.10. The van der Waals surface area contributed by atoms with Gasteiger partial charge in [0.15, 0.2) is 0 Å². The van der Waals surface area contributed by atoms with E-state index in [0.717, 1.165) is 28.3 Å². The van der Waals surface area contributed by atoms with Crippen LogP contribution in [0.4, 0.5) is 22.7 Å². The van der Waals surface area contributed by atoms with Gasteiger partial charge in [0, 0.05) is 37.0 Å². The lowest BCUT2D eigenvalue weighted by atomic mass is 9.67. The molecule has 4 aromatic carbocycles. The molecule has 0 radical (unpaired) electrons. The van der Waals surface area contributed by atoms with Crippen LogP contribution in [-0.4, -0.2) is 23.7 Å². The first-order valence-electron chi connectivity index (χ1n) is 16.9. The van der Waals surface area contributed by atoms with Crippen LogP contribution >= 0.6 is 46.4 Å². The standard InChI is InChI=1S/C40H36Cl4N4O2/c1-5-39(6-2)35(46(37(39)49)29-18-11-25(42)12-19-29)34-33(45-28-16-9-24(41)10-17-28)31-23-27(44)15-22-32(31)48(34)36-40(7-3,8-4)38(50)47(36)30-20-13-26(43)14-21-30/h9-23,36H,5-8H2,1-4H3/b35-34-,45-33?. The van der Waals surface area contributed by atoms with Crippen molar-refractivity contribution >= 4 is 86.7 Å². The van der Waals surface area contributed by atoms with Gasteiger partial charge in [0.1, 0.15) is 6.17 Å².